The topological polar surface area (TPSA) is 69.9 Å². The molecule has 0 aromatic heterocycles. The summed E-state index contributed by atoms with van der Waals surface area (Å²) < 4.78 is 0. The van der Waals surface area contributed by atoms with Crippen molar-refractivity contribution >= 4 is 46.8 Å². The van der Waals surface area contributed by atoms with Crippen LogP contribution in [0.25, 0.3) is 5.76 Å². The van der Waals surface area contributed by atoms with Gasteiger partial charge in [-0.25, -0.2) is 4.79 Å². The van der Waals surface area contributed by atoms with Crippen LogP contribution in [0.1, 0.15) is 5.56 Å². The quantitative estimate of drug-likeness (QED) is 0.481. The first kappa shape index (κ1) is 16.1. The average Bonchev–Trinajstić information content (AvgIpc) is 2.49. The molecule has 0 aliphatic rings. The molecule has 0 atom stereocenters. The Morgan fingerprint density at radius 2 is 1.64 bits per heavy atom. The number of carboxylic acids is 1. The number of hydrogen-bond donors (Lipinski definition) is 2. The van der Waals surface area contributed by atoms with Crippen molar-refractivity contribution in [3.8, 4) is 0 Å². The normalized spacial score (nSPS) is 12.3. The molecular weight excluding hydrogens is 325 g/mol. The van der Waals surface area contributed by atoms with E-state index in [2.05, 4.69) is 4.99 Å². The fourth-order valence-electron chi connectivity index (χ4n) is 1.68. The lowest BCUT2D eigenvalue weighted by Crippen LogP contribution is -2.06. The summed E-state index contributed by atoms with van der Waals surface area (Å²) in [6.07, 6.45) is 1.07. The van der Waals surface area contributed by atoms with Gasteiger partial charge in [-0.3, -0.25) is 4.99 Å². The van der Waals surface area contributed by atoms with Crippen molar-refractivity contribution in [2.75, 3.05) is 0 Å². The van der Waals surface area contributed by atoms with Crippen molar-refractivity contribution in [1.29, 1.82) is 0 Å². The zero-order valence-corrected chi connectivity index (χ0v) is 12.7. The van der Waals surface area contributed by atoms with E-state index in [-0.39, 0.29) is 16.2 Å². The minimum atomic E-state index is -1.31. The zero-order chi connectivity index (χ0) is 16.1. The molecule has 2 N–H and O–H groups in total. The molecule has 0 aliphatic carbocycles. The Morgan fingerprint density at radius 3 is 2.23 bits per heavy atom. The van der Waals surface area contributed by atoms with Crippen molar-refractivity contribution in [3.63, 3.8) is 0 Å². The number of carbonyl (C=O) groups is 1. The average molecular weight is 336 g/mol. The molecule has 0 amide bonds. The molecule has 0 radical (unpaired) electrons. The van der Waals surface area contributed by atoms with E-state index in [9.17, 15) is 15.0 Å². The van der Waals surface area contributed by atoms with E-state index in [1.165, 1.54) is 6.07 Å². The van der Waals surface area contributed by atoms with Crippen LogP contribution in [-0.2, 0) is 4.79 Å². The van der Waals surface area contributed by atoms with Gasteiger partial charge in [0.25, 0.3) is 0 Å². The van der Waals surface area contributed by atoms with E-state index >= 15 is 0 Å². The second kappa shape index (κ2) is 7.11. The molecule has 0 fully saturated rings. The molecule has 0 spiro atoms. The Hall–Kier alpha value is -2.30. The second-order valence-corrected chi connectivity index (χ2v) is 5.13. The minimum absolute atomic E-state index is 0.226. The molecule has 4 nitrogen and oxygen atoms in total. The molecule has 0 heterocycles. The summed E-state index contributed by atoms with van der Waals surface area (Å²) in [6, 6.07) is 12.9. The first-order chi connectivity index (χ1) is 10.5. The van der Waals surface area contributed by atoms with Gasteiger partial charge in [-0.2, -0.15) is 0 Å². The first-order valence-electron chi connectivity index (χ1n) is 6.20. The molecule has 112 valence electrons. The fourth-order valence-corrected chi connectivity index (χ4v) is 2.03. The van der Waals surface area contributed by atoms with Gasteiger partial charge >= 0.3 is 5.97 Å². The molecule has 2 rings (SSSR count). The van der Waals surface area contributed by atoms with Crippen molar-refractivity contribution in [2.24, 2.45) is 4.99 Å². The largest absolute Gasteiger partial charge is 0.506 e. The Morgan fingerprint density at radius 1 is 1.00 bits per heavy atom. The van der Waals surface area contributed by atoms with Gasteiger partial charge in [0.15, 0.2) is 0 Å². The number of carboxylic acid groups (broad SMARTS) is 1. The third kappa shape index (κ3) is 3.87. The zero-order valence-electron chi connectivity index (χ0n) is 11.2. The lowest BCUT2D eigenvalue weighted by molar-refractivity contribution is -0.132. The monoisotopic (exact) mass is 335 g/mol. The molecule has 6 heteroatoms. The second-order valence-electron chi connectivity index (χ2n) is 4.28. The third-order valence-corrected chi connectivity index (χ3v) is 3.37. The fraction of sp³-hybridized carbons (Fsp3) is 0. The van der Waals surface area contributed by atoms with Crippen molar-refractivity contribution in [2.45, 2.75) is 0 Å². The summed E-state index contributed by atoms with van der Waals surface area (Å²) in [5.41, 5.74) is 0.377. The Labute approximate surface area is 137 Å². The number of nitrogens with zero attached hydrogens (tertiary/aromatic N) is 1. The van der Waals surface area contributed by atoms with Gasteiger partial charge in [0.2, 0.25) is 0 Å². The number of rotatable bonds is 4. The van der Waals surface area contributed by atoms with Crippen LogP contribution in [0.2, 0.25) is 10.0 Å². The number of benzene rings is 2. The van der Waals surface area contributed by atoms with Gasteiger partial charge in [0, 0.05) is 16.8 Å². The van der Waals surface area contributed by atoms with E-state index in [0.717, 1.165) is 6.21 Å². The predicted octanol–water partition coefficient (Wildman–Crippen LogP) is 4.75. The maximum Gasteiger partial charge on any atom is 0.341 e. The van der Waals surface area contributed by atoms with Crippen molar-refractivity contribution in [3.05, 3.63) is 69.7 Å². The molecule has 0 bridgehead atoms. The highest BCUT2D eigenvalue weighted by molar-refractivity contribution is 6.32. The van der Waals surface area contributed by atoms with Crippen LogP contribution >= 0.6 is 23.2 Å². The molecule has 22 heavy (non-hydrogen) atoms. The summed E-state index contributed by atoms with van der Waals surface area (Å²) in [4.78, 5) is 15.3. The Kier molecular flexibility index (Phi) is 5.20. The highest BCUT2D eigenvalue weighted by Gasteiger charge is 2.15. The maximum absolute atomic E-state index is 11.3. The standard InChI is InChI=1S/C16H11Cl2NO3/c17-10-5-7-11(8-6-10)19-9-13(16(21)22)15(20)12-3-1-2-4-14(12)18/h1-9,20H,(H,21,22)/b15-13-,19-9?. The molecule has 2 aromatic carbocycles. The van der Waals surface area contributed by atoms with Gasteiger partial charge in [-0.05, 0) is 36.4 Å². The minimum Gasteiger partial charge on any atom is -0.506 e. The van der Waals surface area contributed by atoms with E-state index < -0.39 is 11.7 Å². The molecular formula is C16H11Cl2NO3. The van der Waals surface area contributed by atoms with Crippen molar-refractivity contribution < 1.29 is 15.0 Å². The third-order valence-electron chi connectivity index (χ3n) is 2.78. The summed E-state index contributed by atoms with van der Waals surface area (Å²) in [5.74, 6) is -1.76. The molecule has 0 saturated carbocycles. The number of aliphatic hydroxyl groups is 1. The number of hydrogen-bond acceptors (Lipinski definition) is 3. The molecule has 0 unspecified atom stereocenters. The molecule has 0 saturated heterocycles. The van der Waals surface area contributed by atoms with E-state index in [1.54, 1.807) is 42.5 Å². The first-order valence-corrected chi connectivity index (χ1v) is 6.95. The van der Waals surface area contributed by atoms with Crippen LogP contribution in [0, 0.1) is 0 Å². The van der Waals surface area contributed by atoms with Gasteiger partial charge in [-0.15, -0.1) is 0 Å². The lowest BCUT2D eigenvalue weighted by atomic mass is 10.1. The van der Waals surface area contributed by atoms with Gasteiger partial charge < -0.3 is 10.2 Å². The van der Waals surface area contributed by atoms with E-state index in [0.29, 0.717) is 10.7 Å². The summed E-state index contributed by atoms with van der Waals surface area (Å²) in [7, 11) is 0. The maximum atomic E-state index is 11.3. The van der Waals surface area contributed by atoms with Crippen LogP contribution < -0.4 is 0 Å². The lowest BCUT2D eigenvalue weighted by Gasteiger charge is -2.05. The van der Waals surface area contributed by atoms with Gasteiger partial charge in [-0.1, -0.05) is 35.3 Å². The molecule has 0 aliphatic heterocycles. The summed E-state index contributed by atoms with van der Waals surface area (Å²) >= 11 is 11.7. The number of aliphatic hydroxyl groups excluding tert-OH is 1. The number of aliphatic imine (C=N–C) groups is 1. The van der Waals surface area contributed by atoms with Crippen LogP contribution in [0.3, 0.4) is 0 Å². The van der Waals surface area contributed by atoms with Crippen LogP contribution in [-0.4, -0.2) is 22.4 Å². The summed E-state index contributed by atoms with van der Waals surface area (Å²) in [5, 5.41) is 20.2. The van der Waals surface area contributed by atoms with Crippen molar-refractivity contribution in [1.82, 2.24) is 0 Å². The Bertz CT molecular complexity index is 752. The molecule has 2 aromatic rings. The van der Waals surface area contributed by atoms with E-state index in [4.69, 9.17) is 23.2 Å². The predicted molar refractivity (Wildman–Crippen MR) is 88.2 cm³/mol. The summed E-state index contributed by atoms with van der Waals surface area (Å²) in [6.45, 7) is 0. The number of aliphatic carboxylic acids is 1. The SMILES string of the molecule is O=C(O)/C(C=Nc1ccc(Cl)cc1)=C(\O)c1ccccc1Cl. The van der Waals surface area contributed by atoms with Crippen LogP contribution in [0.15, 0.2) is 59.1 Å². The Balaban J connectivity index is 2.42. The highest BCUT2D eigenvalue weighted by Crippen LogP contribution is 2.24. The highest BCUT2D eigenvalue weighted by atomic mass is 35.5. The smallest absolute Gasteiger partial charge is 0.341 e. The van der Waals surface area contributed by atoms with Gasteiger partial charge in [0.05, 0.1) is 10.7 Å². The number of halogens is 2. The van der Waals surface area contributed by atoms with Crippen LogP contribution in [0.5, 0.6) is 0 Å². The van der Waals surface area contributed by atoms with Crippen LogP contribution in [0.4, 0.5) is 5.69 Å². The van der Waals surface area contributed by atoms with Gasteiger partial charge in [0.1, 0.15) is 11.3 Å². The van der Waals surface area contributed by atoms with E-state index in [1.807, 2.05) is 0 Å².